The highest BCUT2D eigenvalue weighted by atomic mass is 14.9. The fraction of sp³-hybridized carbons (Fsp3) is 0.222. The Bertz CT molecular complexity index is 726. The summed E-state index contributed by atoms with van der Waals surface area (Å²) in [7, 11) is 2.10. The van der Waals surface area contributed by atoms with Gasteiger partial charge in [-0.3, -0.25) is 0 Å². The van der Waals surface area contributed by atoms with E-state index in [-0.39, 0.29) is 5.92 Å². The van der Waals surface area contributed by atoms with Crippen molar-refractivity contribution < 1.29 is 0 Å². The molecular weight excluding hydrogens is 244 g/mol. The van der Waals surface area contributed by atoms with Gasteiger partial charge < -0.3 is 10.3 Å². The fourth-order valence-electron chi connectivity index (χ4n) is 2.94. The van der Waals surface area contributed by atoms with Gasteiger partial charge in [0, 0.05) is 36.6 Å². The summed E-state index contributed by atoms with van der Waals surface area (Å²) in [5, 5.41) is 1.31. The predicted molar refractivity (Wildman–Crippen MR) is 85.0 cm³/mol. The monoisotopic (exact) mass is 264 g/mol. The maximum Gasteiger partial charge on any atom is 0.0480 e. The molecule has 2 aromatic carbocycles. The van der Waals surface area contributed by atoms with Crippen LogP contribution in [0, 0.1) is 6.92 Å². The average molecular weight is 264 g/mol. The third-order valence-corrected chi connectivity index (χ3v) is 3.99. The summed E-state index contributed by atoms with van der Waals surface area (Å²) in [4.78, 5) is 0. The van der Waals surface area contributed by atoms with Gasteiger partial charge in [-0.25, -0.2) is 0 Å². The molecule has 0 aliphatic carbocycles. The Morgan fingerprint density at radius 2 is 1.85 bits per heavy atom. The second-order valence-electron chi connectivity index (χ2n) is 5.41. The SMILES string of the molecule is Cc1ccc2c(c1)c(C(CN)c1ccccc1)cn2C. The van der Waals surface area contributed by atoms with Crippen molar-refractivity contribution in [3.8, 4) is 0 Å². The topological polar surface area (TPSA) is 30.9 Å². The lowest BCUT2D eigenvalue weighted by Crippen LogP contribution is -2.13. The standard InChI is InChI=1S/C18H20N2/c1-13-8-9-18-15(10-13)17(12-20(18)2)16(11-19)14-6-4-3-5-7-14/h3-10,12,16H,11,19H2,1-2H3. The van der Waals surface area contributed by atoms with Crippen LogP contribution >= 0.6 is 0 Å². The van der Waals surface area contributed by atoms with Crippen LogP contribution in [0.2, 0.25) is 0 Å². The van der Waals surface area contributed by atoms with E-state index in [1.165, 1.54) is 27.6 Å². The van der Waals surface area contributed by atoms with Crippen LogP contribution in [0.25, 0.3) is 10.9 Å². The number of aromatic nitrogens is 1. The fourth-order valence-corrected chi connectivity index (χ4v) is 2.94. The third-order valence-electron chi connectivity index (χ3n) is 3.99. The molecular formula is C18H20N2. The summed E-state index contributed by atoms with van der Waals surface area (Å²) >= 11 is 0. The van der Waals surface area contributed by atoms with Crippen molar-refractivity contribution >= 4 is 10.9 Å². The maximum absolute atomic E-state index is 6.07. The van der Waals surface area contributed by atoms with E-state index in [0.29, 0.717) is 6.54 Å². The zero-order valence-electron chi connectivity index (χ0n) is 12.0. The summed E-state index contributed by atoms with van der Waals surface area (Å²) in [6.45, 7) is 2.76. The Hall–Kier alpha value is -2.06. The molecule has 1 aromatic heterocycles. The van der Waals surface area contributed by atoms with E-state index in [4.69, 9.17) is 5.73 Å². The Labute approximate surface area is 119 Å². The number of benzene rings is 2. The molecule has 0 aliphatic rings. The molecule has 0 fully saturated rings. The van der Waals surface area contributed by atoms with Gasteiger partial charge in [-0.2, -0.15) is 0 Å². The number of rotatable bonds is 3. The Kier molecular flexibility index (Phi) is 3.33. The Morgan fingerprint density at radius 3 is 2.55 bits per heavy atom. The van der Waals surface area contributed by atoms with Gasteiger partial charge in [0.05, 0.1) is 0 Å². The van der Waals surface area contributed by atoms with Crippen molar-refractivity contribution in [3.05, 3.63) is 71.4 Å². The number of nitrogens with zero attached hydrogens (tertiary/aromatic N) is 1. The highest BCUT2D eigenvalue weighted by Crippen LogP contribution is 2.31. The van der Waals surface area contributed by atoms with Crippen molar-refractivity contribution in [2.24, 2.45) is 12.8 Å². The van der Waals surface area contributed by atoms with E-state index < -0.39 is 0 Å². The molecule has 1 heterocycles. The van der Waals surface area contributed by atoms with Gasteiger partial charge in [-0.05, 0) is 30.2 Å². The lowest BCUT2D eigenvalue weighted by Gasteiger charge is -2.14. The van der Waals surface area contributed by atoms with Crippen LogP contribution in [0.5, 0.6) is 0 Å². The first-order valence-electron chi connectivity index (χ1n) is 7.01. The van der Waals surface area contributed by atoms with Crippen molar-refractivity contribution in [2.75, 3.05) is 6.54 Å². The molecule has 3 aromatic rings. The average Bonchev–Trinajstić information content (AvgIpc) is 2.78. The molecule has 0 amide bonds. The largest absolute Gasteiger partial charge is 0.350 e. The lowest BCUT2D eigenvalue weighted by atomic mass is 9.91. The van der Waals surface area contributed by atoms with E-state index in [2.05, 4.69) is 67.2 Å². The van der Waals surface area contributed by atoms with Gasteiger partial charge in [0.15, 0.2) is 0 Å². The molecule has 0 aliphatic heterocycles. The summed E-state index contributed by atoms with van der Waals surface area (Å²) in [5.74, 6) is 0.252. The Balaban J connectivity index is 2.20. The van der Waals surface area contributed by atoms with E-state index in [1.807, 2.05) is 6.07 Å². The van der Waals surface area contributed by atoms with E-state index in [9.17, 15) is 0 Å². The van der Waals surface area contributed by atoms with Crippen LogP contribution in [0.4, 0.5) is 0 Å². The van der Waals surface area contributed by atoms with Gasteiger partial charge in [0.1, 0.15) is 0 Å². The van der Waals surface area contributed by atoms with Crippen LogP contribution in [0.3, 0.4) is 0 Å². The quantitative estimate of drug-likeness (QED) is 0.770. The van der Waals surface area contributed by atoms with Crippen molar-refractivity contribution in [3.63, 3.8) is 0 Å². The molecule has 1 unspecified atom stereocenters. The second kappa shape index (κ2) is 5.14. The zero-order valence-corrected chi connectivity index (χ0v) is 12.0. The van der Waals surface area contributed by atoms with E-state index >= 15 is 0 Å². The minimum absolute atomic E-state index is 0.252. The maximum atomic E-state index is 6.07. The first kappa shape index (κ1) is 12.9. The van der Waals surface area contributed by atoms with Gasteiger partial charge in [-0.15, -0.1) is 0 Å². The van der Waals surface area contributed by atoms with Crippen molar-refractivity contribution in [1.82, 2.24) is 4.57 Å². The summed E-state index contributed by atoms with van der Waals surface area (Å²) in [6, 6.07) is 17.1. The van der Waals surface area contributed by atoms with Crippen molar-refractivity contribution in [1.29, 1.82) is 0 Å². The minimum atomic E-state index is 0.252. The number of hydrogen-bond acceptors (Lipinski definition) is 1. The highest BCUT2D eigenvalue weighted by Gasteiger charge is 2.17. The molecule has 2 nitrogen and oxygen atoms in total. The molecule has 102 valence electrons. The van der Waals surface area contributed by atoms with Gasteiger partial charge in [-0.1, -0.05) is 42.0 Å². The molecule has 0 radical (unpaired) electrons. The molecule has 3 rings (SSSR count). The van der Waals surface area contributed by atoms with Gasteiger partial charge >= 0.3 is 0 Å². The molecule has 0 saturated carbocycles. The van der Waals surface area contributed by atoms with Crippen LogP contribution in [-0.2, 0) is 7.05 Å². The van der Waals surface area contributed by atoms with Crippen LogP contribution in [0.1, 0.15) is 22.6 Å². The van der Waals surface area contributed by atoms with E-state index in [0.717, 1.165) is 0 Å². The molecule has 2 N–H and O–H groups in total. The lowest BCUT2D eigenvalue weighted by molar-refractivity contribution is 0.816. The van der Waals surface area contributed by atoms with Crippen molar-refractivity contribution in [2.45, 2.75) is 12.8 Å². The first-order valence-corrected chi connectivity index (χ1v) is 7.01. The highest BCUT2D eigenvalue weighted by molar-refractivity contribution is 5.85. The van der Waals surface area contributed by atoms with Crippen LogP contribution in [-0.4, -0.2) is 11.1 Å². The number of fused-ring (bicyclic) bond motifs is 1. The molecule has 0 spiro atoms. The summed E-state index contributed by atoms with van der Waals surface area (Å²) in [5.41, 5.74) is 11.2. The second-order valence-corrected chi connectivity index (χ2v) is 5.41. The van der Waals surface area contributed by atoms with Gasteiger partial charge in [0.25, 0.3) is 0 Å². The molecule has 20 heavy (non-hydrogen) atoms. The molecule has 0 saturated heterocycles. The van der Waals surface area contributed by atoms with Crippen LogP contribution in [0.15, 0.2) is 54.7 Å². The normalized spacial score (nSPS) is 12.8. The number of hydrogen-bond donors (Lipinski definition) is 1. The van der Waals surface area contributed by atoms with E-state index in [1.54, 1.807) is 0 Å². The number of nitrogens with two attached hydrogens (primary N) is 1. The van der Waals surface area contributed by atoms with Crippen LogP contribution < -0.4 is 5.73 Å². The minimum Gasteiger partial charge on any atom is -0.350 e. The third kappa shape index (κ3) is 2.12. The smallest absolute Gasteiger partial charge is 0.0480 e. The molecule has 1 atom stereocenters. The molecule has 0 bridgehead atoms. The summed E-state index contributed by atoms with van der Waals surface area (Å²) < 4.78 is 2.19. The zero-order chi connectivity index (χ0) is 14.1. The first-order chi connectivity index (χ1) is 9.70. The van der Waals surface area contributed by atoms with Gasteiger partial charge in [0.2, 0.25) is 0 Å². The number of aryl methyl sites for hydroxylation is 2. The predicted octanol–water partition coefficient (Wildman–Crippen LogP) is 3.58. The molecule has 2 heteroatoms. The Morgan fingerprint density at radius 1 is 1.10 bits per heavy atom. The summed E-state index contributed by atoms with van der Waals surface area (Å²) in [6.07, 6.45) is 2.22.